The minimum atomic E-state index is -0.108. The summed E-state index contributed by atoms with van der Waals surface area (Å²) in [4.78, 5) is 11.8. The lowest BCUT2D eigenvalue weighted by Crippen LogP contribution is -2.16. The minimum absolute atomic E-state index is 0.108. The quantitative estimate of drug-likeness (QED) is 0.740. The number of anilines is 2. The van der Waals surface area contributed by atoms with Gasteiger partial charge in [-0.25, -0.2) is 0 Å². The van der Waals surface area contributed by atoms with Gasteiger partial charge in [0.15, 0.2) is 0 Å². The molecule has 21 heavy (non-hydrogen) atoms. The molecule has 0 aliphatic rings. The van der Waals surface area contributed by atoms with Gasteiger partial charge in [-0.15, -0.1) is 0 Å². The Labute approximate surface area is 141 Å². The lowest BCUT2D eigenvalue weighted by Gasteiger charge is -2.09. The molecular formula is C15H13BrCl2N2O. The fourth-order valence-electron chi connectivity index (χ4n) is 1.69. The van der Waals surface area contributed by atoms with Gasteiger partial charge in [0.25, 0.3) is 0 Å². The van der Waals surface area contributed by atoms with E-state index in [1.165, 1.54) is 0 Å². The average Bonchev–Trinajstić information content (AvgIpc) is 2.44. The molecule has 0 aliphatic carbocycles. The second kappa shape index (κ2) is 7.69. The summed E-state index contributed by atoms with van der Waals surface area (Å²) >= 11 is 15.2. The SMILES string of the molecule is O=C(CCNc1ccc(Br)cc1)Nc1ccc(Cl)cc1Cl. The van der Waals surface area contributed by atoms with Crippen molar-refractivity contribution in [3.8, 4) is 0 Å². The molecule has 0 bridgehead atoms. The number of nitrogens with one attached hydrogen (secondary N) is 2. The minimum Gasteiger partial charge on any atom is -0.385 e. The van der Waals surface area contributed by atoms with Crippen molar-refractivity contribution in [3.63, 3.8) is 0 Å². The molecule has 0 unspecified atom stereocenters. The second-order valence-corrected chi connectivity index (χ2v) is 6.12. The molecule has 2 aromatic carbocycles. The van der Waals surface area contributed by atoms with Gasteiger partial charge >= 0.3 is 0 Å². The highest BCUT2D eigenvalue weighted by Gasteiger charge is 2.06. The average molecular weight is 388 g/mol. The van der Waals surface area contributed by atoms with Crippen LogP contribution in [0.4, 0.5) is 11.4 Å². The summed E-state index contributed by atoms with van der Waals surface area (Å²) in [6.07, 6.45) is 0.342. The molecule has 0 aromatic heterocycles. The van der Waals surface area contributed by atoms with Gasteiger partial charge in [0.2, 0.25) is 5.91 Å². The number of benzene rings is 2. The lowest BCUT2D eigenvalue weighted by atomic mass is 10.3. The Morgan fingerprint density at radius 3 is 2.48 bits per heavy atom. The number of hydrogen-bond donors (Lipinski definition) is 2. The summed E-state index contributed by atoms with van der Waals surface area (Å²) in [6.45, 7) is 0.540. The van der Waals surface area contributed by atoms with E-state index >= 15 is 0 Å². The summed E-state index contributed by atoms with van der Waals surface area (Å²) in [5.41, 5.74) is 1.53. The van der Waals surface area contributed by atoms with Gasteiger partial charge in [0.1, 0.15) is 0 Å². The van der Waals surface area contributed by atoms with Gasteiger partial charge in [-0.05, 0) is 42.5 Å². The highest BCUT2D eigenvalue weighted by atomic mass is 79.9. The van der Waals surface area contributed by atoms with Crippen molar-refractivity contribution in [2.75, 3.05) is 17.2 Å². The largest absolute Gasteiger partial charge is 0.385 e. The van der Waals surface area contributed by atoms with Gasteiger partial charge in [-0.1, -0.05) is 39.1 Å². The summed E-state index contributed by atoms with van der Waals surface area (Å²) in [6, 6.07) is 12.7. The van der Waals surface area contributed by atoms with Crippen molar-refractivity contribution in [2.45, 2.75) is 6.42 Å². The van der Waals surface area contributed by atoms with E-state index in [9.17, 15) is 4.79 Å². The Balaban J connectivity index is 1.81. The topological polar surface area (TPSA) is 41.1 Å². The number of carbonyl (C=O) groups is 1. The molecule has 0 saturated heterocycles. The molecule has 6 heteroatoms. The Bertz CT molecular complexity index is 632. The smallest absolute Gasteiger partial charge is 0.226 e. The summed E-state index contributed by atoms with van der Waals surface area (Å²) in [7, 11) is 0. The molecule has 2 aromatic rings. The van der Waals surface area contributed by atoms with Crippen LogP contribution < -0.4 is 10.6 Å². The highest BCUT2D eigenvalue weighted by molar-refractivity contribution is 9.10. The highest BCUT2D eigenvalue weighted by Crippen LogP contribution is 2.25. The number of halogens is 3. The standard InChI is InChI=1S/C15H13BrCl2N2O/c16-10-1-4-12(5-2-10)19-8-7-15(21)20-14-6-3-11(17)9-13(14)18/h1-6,9,19H,7-8H2,(H,20,21). The monoisotopic (exact) mass is 386 g/mol. The first-order valence-corrected chi connectivity index (χ1v) is 7.84. The second-order valence-electron chi connectivity index (χ2n) is 4.36. The Hall–Kier alpha value is -1.23. The zero-order valence-corrected chi connectivity index (χ0v) is 14.1. The molecule has 3 nitrogen and oxygen atoms in total. The van der Waals surface area contributed by atoms with Gasteiger partial charge < -0.3 is 10.6 Å². The number of rotatable bonds is 5. The van der Waals surface area contributed by atoms with Gasteiger partial charge in [0.05, 0.1) is 10.7 Å². The maximum atomic E-state index is 11.8. The molecule has 0 radical (unpaired) electrons. The number of hydrogen-bond acceptors (Lipinski definition) is 2. The number of amides is 1. The van der Waals surface area contributed by atoms with Crippen molar-refractivity contribution < 1.29 is 4.79 Å². The first-order valence-electron chi connectivity index (χ1n) is 6.29. The summed E-state index contributed by atoms with van der Waals surface area (Å²) in [5.74, 6) is -0.108. The van der Waals surface area contributed by atoms with Crippen molar-refractivity contribution in [3.05, 3.63) is 57.0 Å². The summed E-state index contributed by atoms with van der Waals surface area (Å²) < 4.78 is 1.02. The van der Waals surface area contributed by atoms with Crippen molar-refractivity contribution in [2.24, 2.45) is 0 Å². The fraction of sp³-hybridized carbons (Fsp3) is 0.133. The van der Waals surface area contributed by atoms with E-state index < -0.39 is 0 Å². The molecule has 0 fully saturated rings. The van der Waals surface area contributed by atoms with Crippen LogP contribution in [0.25, 0.3) is 0 Å². The van der Waals surface area contributed by atoms with Gasteiger partial charge in [-0.3, -0.25) is 4.79 Å². The van der Waals surface area contributed by atoms with E-state index in [1.54, 1.807) is 18.2 Å². The predicted octanol–water partition coefficient (Wildman–Crippen LogP) is 5.20. The maximum Gasteiger partial charge on any atom is 0.226 e. The lowest BCUT2D eigenvalue weighted by molar-refractivity contribution is -0.115. The Morgan fingerprint density at radius 1 is 1.10 bits per heavy atom. The third-order valence-electron chi connectivity index (χ3n) is 2.73. The molecule has 2 N–H and O–H groups in total. The van der Waals surface area contributed by atoms with Gasteiger partial charge in [-0.2, -0.15) is 0 Å². The molecule has 2 rings (SSSR count). The predicted molar refractivity (Wildman–Crippen MR) is 92.3 cm³/mol. The van der Waals surface area contributed by atoms with Crippen LogP contribution in [-0.2, 0) is 4.79 Å². The van der Waals surface area contributed by atoms with Crippen molar-refractivity contribution >= 4 is 56.4 Å². The zero-order valence-electron chi connectivity index (χ0n) is 11.0. The van der Waals surface area contributed by atoms with E-state index in [2.05, 4.69) is 26.6 Å². The molecule has 0 heterocycles. The first-order chi connectivity index (χ1) is 10.0. The zero-order chi connectivity index (χ0) is 15.2. The van der Waals surface area contributed by atoms with Gasteiger partial charge in [0, 0.05) is 28.1 Å². The van der Waals surface area contributed by atoms with Crippen LogP contribution in [0.1, 0.15) is 6.42 Å². The van der Waals surface area contributed by atoms with E-state index in [-0.39, 0.29) is 5.91 Å². The van der Waals surface area contributed by atoms with E-state index in [0.717, 1.165) is 10.2 Å². The normalized spacial score (nSPS) is 10.2. The van der Waals surface area contributed by atoms with Crippen molar-refractivity contribution in [1.82, 2.24) is 0 Å². The molecule has 0 atom stereocenters. The first kappa shape index (κ1) is 16.1. The van der Waals surface area contributed by atoms with Crippen LogP contribution in [0.2, 0.25) is 10.0 Å². The Morgan fingerprint density at radius 2 is 1.81 bits per heavy atom. The van der Waals surface area contributed by atoms with Crippen LogP contribution in [0.15, 0.2) is 46.9 Å². The van der Waals surface area contributed by atoms with Crippen molar-refractivity contribution in [1.29, 1.82) is 0 Å². The van der Waals surface area contributed by atoms with E-state index in [0.29, 0.717) is 28.7 Å². The molecule has 0 spiro atoms. The molecule has 1 amide bonds. The van der Waals surface area contributed by atoms with E-state index in [4.69, 9.17) is 23.2 Å². The van der Waals surface area contributed by atoms with Crippen LogP contribution in [0.3, 0.4) is 0 Å². The molecule has 110 valence electrons. The van der Waals surface area contributed by atoms with Crippen LogP contribution in [0.5, 0.6) is 0 Å². The van der Waals surface area contributed by atoms with Crippen LogP contribution in [0, 0.1) is 0 Å². The summed E-state index contributed by atoms with van der Waals surface area (Å²) in [5, 5.41) is 6.90. The fourth-order valence-corrected chi connectivity index (χ4v) is 2.41. The third kappa shape index (κ3) is 5.23. The molecule has 0 saturated carbocycles. The Kier molecular flexibility index (Phi) is 5.91. The number of carbonyl (C=O) groups excluding carboxylic acids is 1. The molecule has 0 aliphatic heterocycles. The molecular weight excluding hydrogens is 375 g/mol. The van der Waals surface area contributed by atoms with Crippen LogP contribution >= 0.6 is 39.1 Å². The maximum absolute atomic E-state index is 11.8. The van der Waals surface area contributed by atoms with E-state index in [1.807, 2.05) is 24.3 Å². The van der Waals surface area contributed by atoms with Crippen LogP contribution in [-0.4, -0.2) is 12.5 Å². The third-order valence-corrected chi connectivity index (χ3v) is 3.81.